The molecule has 1 aliphatic heterocycles. The highest BCUT2D eigenvalue weighted by atomic mass is 35.5. The Kier molecular flexibility index (Phi) is 5.57. The Balaban J connectivity index is 1.62. The number of aryl methyl sites for hydroxylation is 1. The number of imidazole rings is 1. The average Bonchev–Trinajstić information content (AvgIpc) is 3.17. The summed E-state index contributed by atoms with van der Waals surface area (Å²) in [5.74, 6) is 0.673. The second kappa shape index (κ2) is 8.28. The molecule has 3 heterocycles. The van der Waals surface area contributed by atoms with E-state index < -0.39 is 0 Å². The molecule has 1 aliphatic rings. The molecule has 0 amide bonds. The maximum Gasteiger partial charge on any atom is 0.138 e. The predicted octanol–water partition coefficient (Wildman–Crippen LogP) is 4.97. The van der Waals surface area contributed by atoms with E-state index in [4.69, 9.17) is 26.6 Å². The number of nitrogens with zero attached hydrogens (tertiary/aromatic N) is 4. The van der Waals surface area contributed by atoms with Gasteiger partial charge in [0.1, 0.15) is 11.4 Å². The molecule has 3 aromatic rings. The van der Waals surface area contributed by atoms with Gasteiger partial charge in [-0.25, -0.2) is 4.98 Å². The van der Waals surface area contributed by atoms with Gasteiger partial charge in [-0.05, 0) is 54.3 Å². The lowest BCUT2D eigenvalue weighted by Gasteiger charge is -2.25. The monoisotopic (exact) mass is 406 g/mol. The van der Waals surface area contributed by atoms with Crippen LogP contribution < -0.4 is 4.74 Å². The van der Waals surface area contributed by atoms with E-state index in [1.165, 1.54) is 11.1 Å². The average molecular weight is 407 g/mol. The second-order valence-electron chi connectivity index (χ2n) is 7.30. The summed E-state index contributed by atoms with van der Waals surface area (Å²) < 4.78 is 7.35. The van der Waals surface area contributed by atoms with Crippen molar-refractivity contribution in [2.24, 2.45) is 0 Å². The number of halogens is 1. The van der Waals surface area contributed by atoms with Crippen molar-refractivity contribution >= 4 is 22.8 Å². The minimum Gasteiger partial charge on any atom is -0.495 e. The van der Waals surface area contributed by atoms with Gasteiger partial charge >= 0.3 is 0 Å². The first-order valence-electron chi connectivity index (χ1n) is 9.71. The van der Waals surface area contributed by atoms with Crippen LogP contribution in [0.3, 0.4) is 0 Å². The fourth-order valence-corrected chi connectivity index (χ4v) is 4.02. The Hall–Kier alpha value is -2.81. The van der Waals surface area contributed by atoms with Crippen LogP contribution in [0.5, 0.6) is 5.75 Å². The van der Waals surface area contributed by atoms with Gasteiger partial charge in [-0.2, -0.15) is 5.26 Å². The smallest absolute Gasteiger partial charge is 0.138 e. The van der Waals surface area contributed by atoms with E-state index in [-0.39, 0.29) is 0 Å². The number of hydrogen-bond acceptors (Lipinski definition) is 4. The third-order valence-corrected chi connectivity index (χ3v) is 5.73. The highest BCUT2D eigenvalue weighted by Crippen LogP contribution is 2.33. The molecule has 1 aromatic carbocycles. The van der Waals surface area contributed by atoms with E-state index in [2.05, 4.69) is 35.4 Å². The third kappa shape index (κ3) is 4.00. The van der Waals surface area contributed by atoms with Crippen LogP contribution in [0.15, 0.2) is 42.7 Å². The maximum absolute atomic E-state index is 8.76. The van der Waals surface area contributed by atoms with Gasteiger partial charge in [-0.15, -0.1) is 0 Å². The number of nitriles is 1. The van der Waals surface area contributed by atoms with Gasteiger partial charge in [0.15, 0.2) is 0 Å². The zero-order valence-corrected chi connectivity index (χ0v) is 17.4. The molecule has 0 saturated heterocycles. The van der Waals surface area contributed by atoms with Gasteiger partial charge in [0.2, 0.25) is 0 Å². The summed E-state index contributed by atoms with van der Waals surface area (Å²) in [7, 11) is 1.62. The van der Waals surface area contributed by atoms with Crippen molar-refractivity contribution in [3.63, 3.8) is 0 Å². The van der Waals surface area contributed by atoms with Gasteiger partial charge in [0.05, 0.1) is 23.9 Å². The predicted molar refractivity (Wildman–Crippen MR) is 116 cm³/mol. The number of aromatic nitrogens is 2. The van der Waals surface area contributed by atoms with E-state index >= 15 is 0 Å². The van der Waals surface area contributed by atoms with Crippen molar-refractivity contribution in [2.75, 3.05) is 26.7 Å². The van der Waals surface area contributed by atoms with Crippen LogP contribution in [-0.2, 0) is 0 Å². The van der Waals surface area contributed by atoms with E-state index in [0.717, 1.165) is 48.5 Å². The molecule has 4 rings (SSSR count). The van der Waals surface area contributed by atoms with Gasteiger partial charge in [-0.3, -0.25) is 4.90 Å². The van der Waals surface area contributed by atoms with E-state index in [9.17, 15) is 0 Å². The van der Waals surface area contributed by atoms with Crippen molar-refractivity contribution in [3.05, 3.63) is 58.9 Å². The van der Waals surface area contributed by atoms with E-state index in [0.29, 0.717) is 17.2 Å². The summed E-state index contributed by atoms with van der Waals surface area (Å²) in [4.78, 5) is 7.16. The summed E-state index contributed by atoms with van der Waals surface area (Å²) >= 11 is 6.33. The molecular weight excluding hydrogens is 384 g/mol. The maximum atomic E-state index is 8.76. The lowest BCUT2D eigenvalue weighted by atomic mass is 10.0. The van der Waals surface area contributed by atoms with E-state index in [1.54, 1.807) is 7.11 Å². The Morgan fingerprint density at radius 3 is 2.90 bits per heavy atom. The normalized spacial score (nSPS) is 14.6. The molecular formula is C23H23ClN4O. The van der Waals surface area contributed by atoms with Crippen molar-refractivity contribution in [3.8, 4) is 23.1 Å². The molecule has 29 heavy (non-hydrogen) atoms. The third-order valence-electron chi connectivity index (χ3n) is 5.44. The molecule has 2 aromatic heterocycles. The molecule has 5 nitrogen and oxygen atoms in total. The molecule has 0 unspecified atom stereocenters. The van der Waals surface area contributed by atoms with Crippen LogP contribution >= 0.6 is 11.6 Å². The summed E-state index contributed by atoms with van der Waals surface area (Å²) in [5, 5.41) is 9.34. The van der Waals surface area contributed by atoms with Crippen LogP contribution in [0.25, 0.3) is 22.5 Å². The number of pyridine rings is 1. The first-order valence-corrected chi connectivity index (χ1v) is 10.1. The Bertz CT molecular complexity index is 1130. The molecule has 0 saturated carbocycles. The van der Waals surface area contributed by atoms with Crippen LogP contribution in [0.4, 0.5) is 0 Å². The molecule has 0 N–H and O–H groups in total. The molecule has 0 bridgehead atoms. The van der Waals surface area contributed by atoms with Gasteiger partial charge in [-0.1, -0.05) is 17.7 Å². The Morgan fingerprint density at radius 2 is 2.17 bits per heavy atom. The lowest BCUT2D eigenvalue weighted by molar-refractivity contribution is 0.309. The first kappa shape index (κ1) is 19.5. The SMILES string of the molecule is COc1cc(C)c(-c2cn3ccc(C4=CCN(CCC#N)CC4)cc3n2)cc1Cl. The zero-order chi connectivity index (χ0) is 20.4. The number of rotatable bonds is 5. The lowest BCUT2D eigenvalue weighted by Crippen LogP contribution is -2.29. The van der Waals surface area contributed by atoms with Crippen LogP contribution in [0, 0.1) is 18.3 Å². The van der Waals surface area contributed by atoms with Crippen molar-refractivity contribution in [1.82, 2.24) is 14.3 Å². The van der Waals surface area contributed by atoms with Crippen LogP contribution in [0.2, 0.25) is 5.02 Å². The molecule has 0 spiro atoms. The largest absolute Gasteiger partial charge is 0.495 e. The molecule has 0 atom stereocenters. The fourth-order valence-electron chi connectivity index (χ4n) is 3.78. The molecule has 0 radical (unpaired) electrons. The molecule has 0 aliphatic carbocycles. The fraction of sp³-hybridized carbons (Fsp3) is 0.304. The number of fused-ring (bicyclic) bond motifs is 1. The standard InChI is InChI=1S/C23H23ClN4O/c1-16-12-22(29-2)20(24)14-19(16)21-15-28-11-6-18(13-23(28)26-21)17-4-9-27(10-5-17)8-3-7-25/h4,6,11-15H,3,5,8-10H2,1-2H3. The molecule has 148 valence electrons. The number of hydrogen-bond donors (Lipinski definition) is 0. The quantitative estimate of drug-likeness (QED) is 0.600. The first-order chi connectivity index (χ1) is 14.1. The van der Waals surface area contributed by atoms with Crippen LogP contribution in [-0.4, -0.2) is 41.0 Å². The van der Waals surface area contributed by atoms with Crippen molar-refractivity contribution < 1.29 is 4.74 Å². The van der Waals surface area contributed by atoms with E-state index in [1.807, 2.05) is 29.7 Å². The minimum atomic E-state index is 0.583. The van der Waals surface area contributed by atoms with Gasteiger partial charge in [0.25, 0.3) is 0 Å². The Labute approximate surface area is 175 Å². The zero-order valence-electron chi connectivity index (χ0n) is 16.7. The highest BCUT2D eigenvalue weighted by Gasteiger charge is 2.15. The molecule has 6 heteroatoms. The number of benzene rings is 1. The summed E-state index contributed by atoms with van der Waals surface area (Å²) in [6.07, 6.45) is 7.93. The topological polar surface area (TPSA) is 53.6 Å². The number of ether oxygens (including phenoxy) is 1. The summed E-state index contributed by atoms with van der Waals surface area (Å²) in [5.41, 5.74) is 6.43. The Morgan fingerprint density at radius 1 is 1.31 bits per heavy atom. The summed E-state index contributed by atoms with van der Waals surface area (Å²) in [6, 6.07) is 10.4. The van der Waals surface area contributed by atoms with Crippen LogP contribution in [0.1, 0.15) is 24.0 Å². The van der Waals surface area contributed by atoms with Crippen molar-refractivity contribution in [2.45, 2.75) is 19.8 Å². The van der Waals surface area contributed by atoms with Crippen molar-refractivity contribution in [1.29, 1.82) is 5.26 Å². The second-order valence-corrected chi connectivity index (χ2v) is 7.70. The van der Waals surface area contributed by atoms with Gasteiger partial charge in [0, 0.05) is 44.0 Å². The minimum absolute atomic E-state index is 0.583. The number of methoxy groups -OCH3 is 1. The molecule has 0 fully saturated rings. The summed E-state index contributed by atoms with van der Waals surface area (Å²) in [6.45, 7) is 4.76. The highest BCUT2D eigenvalue weighted by molar-refractivity contribution is 6.32. The van der Waals surface area contributed by atoms with Gasteiger partial charge < -0.3 is 9.14 Å².